The Morgan fingerprint density at radius 1 is 1.00 bits per heavy atom. The Kier molecular flexibility index (Phi) is 8.63. The van der Waals surface area contributed by atoms with E-state index in [0.717, 1.165) is 11.2 Å². The first-order valence-electron chi connectivity index (χ1n) is 4.08. The normalized spacial score (nSPS) is 10.9. The fourth-order valence-corrected chi connectivity index (χ4v) is 1.22. The summed E-state index contributed by atoms with van der Waals surface area (Å²) >= 11 is 0. The maximum atomic E-state index is 5.15. The molecule has 0 aromatic carbocycles. The van der Waals surface area contributed by atoms with Crippen LogP contribution in [0.5, 0.6) is 0 Å². The molecule has 0 radical (unpaired) electrons. The number of hydrogen-bond acceptors (Lipinski definition) is 1. The van der Waals surface area contributed by atoms with Gasteiger partial charge in [-0.25, -0.2) is 0 Å². The lowest BCUT2D eigenvalue weighted by atomic mass is 10.4. The summed E-state index contributed by atoms with van der Waals surface area (Å²) < 4.78 is 6.23. The zero-order chi connectivity index (χ0) is 8.04. The van der Waals surface area contributed by atoms with Gasteiger partial charge in [0.2, 0.25) is 0 Å². The molecule has 70 valence electrons. The molecule has 0 spiro atoms. The number of rotatable bonds is 5. The van der Waals surface area contributed by atoms with E-state index in [9.17, 15) is 0 Å². The standard InChI is InChI=1S/C8H20NO.ClH/c1-5-9(6-2,7-3)8-10-4;/h5-8H2,1-4H3;1H/q+1;/p-1. The molecule has 0 aliphatic heterocycles. The van der Waals surface area contributed by atoms with Gasteiger partial charge in [-0.15, -0.1) is 0 Å². The van der Waals surface area contributed by atoms with Gasteiger partial charge in [0.1, 0.15) is 0 Å². The molecule has 0 unspecified atom stereocenters. The first-order valence-corrected chi connectivity index (χ1v) is 4.08. The quantitative estimate of drug-likeness (QED) is 0.370. The van der Waals surface area contributed by atoms with Crippen molar-refractivity contribution in [3.05, 3.63) is 0 Å². The first kappa shape index (κ1) is 13.8. The van der Waals surface area contributed by atoms with E-state index in [4.69, 9.17) is 4.74 Å². The lowest BCUT2D eigenvalue weighted by Crippen LogP contribution is -3.00. The van der Waals surface area contributed by atoms with E-state index in [1.165, 1.54) is 19.6 Å². The zero-order valence-electron chi connectivity index (χ0n) is 8.06. The predicted octanol–water partition coefficient (Wildman–Crippen LogP) is -1.53. The summed E-state index contributed by atoms with van der Waals surface area (Å²) in [6.07, 6.45) is 0. The molecule has 0 saturated heterocycles. The van der Waals surface area contributed by atoms with Gasteiger partial charge < -0.3 is 21.6 Å². The summed E-state index contributed by atoms with van der Waals surface area (Å²) in [6, 6.07) is 0. The van der Waals surface area contributed by atoms with Gasteiger partial charge in [0.15, 0.2) is 6.73 Å². The molecule has 2 nitrogen and oxygen atoms in total. The molecule has 0 atom stereocenters. The van der Waals surface area contributed by atoms with Crippen molar-refractivity contribution in [2.45, 2.75) is 20.8 Å². The average Bonchev–Trinajstić information content (AvgIpc) is 2.01. The minimum Gasteiger partial charge on any atom is -1.00 e. The molecule has 0 aliphatic carbocycles. The van der Waals surface area contributed by atoms with E-state index in [2.05, 4.69) is 20.8 Å². The Morgan fingerprint density at radius 2 is 1.36 bits per heavy atom. The maximum Gasteiger partial charge on any atom is 0.182 e. The highest BCUT2D eigenvalue weighted by molar-refractivity contribution is 4.28. The maximum absolute atomic E-state index is 5.15. The highest BCUT2D eigenvalue weighted by Gasteiger charge is 2.19. The lowest BCUT2D eigenvalue weighted by Gasteiger charge is -2.34. The third-order valence-electron chi connectivity index (χ3n) is 2.42. The van der Waals surface area contributed by atoms with Crippen LogP contribution in [0.1, 0.15) is 20.8 Å². The highest BCUT2D eigenvalue weighted by atomic mass is 35.5. The van der Waals surface area contributed by atoms with Gasteiger partial charge in [0.05, 0.1) is 19.6 Å². The van der Waals surface area contributed by atoms with Crippen LogP contribution in [0.25, 0.3) is 0 Å². The van der Waals surface area contributed by atoms with Gasteiger partial charge in [-0.05, 0) is 20.8 Å². The number of quaternary nitrogens is 1. The van der Waals surface area contributed by atoms with Gasteiger partial charge in [-0.2, -0.15) is 0 Å². The Hall–Kier alpha value is 0.210. The average molecular weight is 182 g/mol. The summed E-state index contributed by atoms with van der Waals surface area (Å²) in [4.78, 5) is 0. The van der Waals surface area contributed by atoms with Crippen LogP contribution < -0.4 is 12.4 Å². The highest BCUT2D eigenvalue weighted by Crippen LogP contribution is 2.04. The molecule has 11 heavy (non-hydrogen) atoms. The molecule has 0 aromatic heterocycles. The fourth-order valence-electron chi connectivity index (χ4n) is 1.22. The van der Waals surface area contributed by atoms with Crippen LogP contribution in [0.2, 0.25) is 0 Å². The molecule has 0 N–H and O–H groups in total. The summed E-state index contributed by atoms with van der Waals surface area (Å²) in [5, 5.41) is 0. The summed E-state index contributed by atoms with van der Waals surface area (Å²) in [7, 11) is 1.77. The minimum atomic E-state index is 0. The van der Waals surface area contributed by atoms with Crippen LogP contribution in [0.3, 0.4) is 0 Å². The molecule has 0 aromatic rings. The van der Waals surface area contributed by atoms with E-state index in [0.29, 0.717) is 0 Å². The van der Waals surface area contributed by atoms with E-state index >= 15 is 0 Å². The predicted molar refractivity (Wildman–Crippen MR) is 43.8 cm³/mol. The molecule has 0 rings (SSSR count). The van der Waals surface area contributed by atoms with Crippen molar-refractivity contribution in [2.75, 3.05) is 33.5 Å². The number of halogens is 1. The largest absolute Gasteiger partial charge is 1.00 e. The zero-order valence-corrected chi connectivity index (χ0v) is 8.82. The fraction of sp³-hybridized carbons (Fsp3) is 1.00. The van der Waals surface area contributed by atoms with Gasteiger partial charge >= 0.3 is 0 Å². The molecule has 3 heteroatoms. The second-order valence-corrected chi connectivity index (χ2v) is 2.71. The van der Waals surface area contributed by atoms with Crippen LogP contribution in [-0.4, -0.2) is 38.0 Å². The van der Waals surface area contributed by atoms with Crippen LogP contribution in [-0.2, 0) is 4.74 Å². The second kappa shape index (κ2) is 6.89. The number of nitrogens with zero attached hydrogens (tertiary/aromatic N) is 1. The Morgan fingerprint density at radius 3 is 1.45 bits per heavy atom. The number of ether oxygens (including phenoxy) is 1. The first-order chi connectivity index (χ1) is 4.74. The third kappa shape index (κ3) is 3.94. The molecule has 0 bridgehead atoms. The van der Waals surface area contributed by atoms with Crippen LogP contribution in [0.15, 0.2) is 0 Å². The monoisotopic (exact) mass is 181 g/mol. The molecule has 0 heterocycles. The van der Waals surface area contributed by atoms with E-state index < -0.39 is 0 Å². The van der Waals surface area contributed by atoms with Crippen molar-refractivity contribution in [1.82, 2.24) is 0 Å². The van der Waals surface area contributed by atoms with Crippen molar-refractivity contribution >= 4 is 0 Å². The Bertz CT molecular complexity index is 75.9. The Labute approximate surface area is 76.5 Å². The third-order valence-corrected chi connectivity index (χ3v) is 2.42. The van der Waals surface area contributed by atoms with Crippen LogP contribution in [0.4, 0.5) is 0 Å². The van der Waals surface area contributed by atoms with Crippen LogP contribution >= 0.6 is 0 Å². The minimum absolute atomic E-state index is 0. The topological polar surface area (TPSA) is 9.23 Å². The van der Waals surface area contributed by atoms with Crippen molar-refractivity contribution in [2.24, 2.45) is 0 Å². The SMILES string of the molecule is CC[N+](CC)(CC)COC.[Cl-]. The van der Waals surface area contributed by atoms with E-state index in [1.54, 1.807) is 7.11 Å². The van der Waals surface area contributed by atoms with Gasteiger partial charge in [0.25, 0.3) is 0 Å². The lowest BCUT2D eigenvalue weighted by molar-refractivity contribution is -0.940. The molecule has 0 amide bonds. The van der Waals surface area contributed by atoms with Crippen molar-refractivity contribution < 1.29 is 21.6 Å². The summed E-state index contributed by atoms with van der Waals surface area (Å²) in [5.74, 6) is 0. The molecule has 0 aliphatic rings. The summed E-state index contributed by atoms with van der Waals surface area (Å²) in [6.45, 7) is 11.0. The Balaban J connectivity index is 0. The van der Waals surface area contributed by atoms with Gasteiger partial charge in [-0.3, -0.25) is 0 Å². The second-order valence-electron chi connectivity index (χ2n) is 2.71. The van der Waals surface area contributed by atoms with Gasteiger partial charge in [-0.1, -0.05) is 0 Å². The number of hydrogen-bond donors (Lipinski definition) is 0. The number of methoxy groups -OCH3 is 1. The van der Waals surface area contributed by atoms with Crippen LogP contribution in [0, 0.1) is 0 Å². The van der Waals surface area contributed by atoms with Gasteiger partial charge in [0, 0.05) is 7.11 Å². The van der Waals surface area contributed by atoms with Crippen molar-refractivity contribution in [3.63, 3.8) is 0 Å². The van der Waals surface area contributed by atoms with Crippen molar-refractivity contribution in [1.29, 1.82) is 0 Å². The molecule has 0 saturated carbocycles. The van der Waals surface area contributed by atoms with E-state index in [1.807, 2.05) is 0 Å². The molecular weight excluding hydrogens is 162 g/mol. The summed E-state index contributed by atoms with van der Waals surface area (Å²) in [5.41, 5.74) is 0. The smallest absolute Gasteiger partial charge is 0.182 e. The van der Waals surface area contributed by atoms with Crippen molar-refractivity contribution in [3.8, 4) is 0 Å². The molecule has 0 fully saturated rings. The molecular formula is C8H20ClNO. The van der Waals surface area contributed by atoms with E-state index in [-0.39, 0.29) is 12.4 Å².